The van der Waals surface area contributed by atoms with Crippen molar-refractivity contribution in [2.75, 3.05) is 24.5 Å². The van der Waals surface area contributed by atoms with Gasteiger partial charge in [0.05, 0.1) is 35.6 Å². The lowest BCUT2D eigenvalue weighted by atomic mass is 9.89. The lowest BCUT2D eigenvalue weighted by Gasteiger charge is -2.43. The number of imide groups is 1. The molecule has 0 bridgehead atoms. The van der Waals surface area contributed by atoms with E-state index in [0.29, 0.717) is 16.8 Å². The second-order valence-corrected chi connectivity index (χ2v) is 10.8. The van der Waals surface area contributed by atoms with Crippen molar-refractivity contribution < 1.29 is 24.2 Å². The molecule has 2 fully saturated rings. The van der Waals surface area contributed by atoms with Crippen LogP contribution in [0.25, 0.3) is 0 Å². The zero-order valence-corrected chi connectivity index (χ0v) is 22.2. The molecule has 2 amide bonds. The van der Waals surface area contributed by atoms with E-state index in [1.54, 1.807) is 30.3 Å². The molecule has 2 saturated heterocycles. The van der Waals surface area contributed by atoms with E-state index in [2.05, 4.69) is 11.8 Å². The highest BCUT2D eigenvalue weighted by Crippen LogP contribution is 2.43. The van der Waals surface area contributed by atoms with Gasteiger partial charge in [-0.15, -0.1) is 0 Å². The van der Waals surface area contributed by atoms with E-state index in [4.69, 9.17) is 9.47 Å². The van der Waals surface area contributed by atoms with Gasteiger partial charge in [0.2, 0.25) is 0 Å². The number of ether oxygens (including phenoxy) is 2. The third-order valence-electron chi connectivity index (χ3n) is 8.20. The first-order chi connectivity index (χ1) is 19.0. The number of likely N-dealkylation sites (tertiary alicyclic amines) is 1. The van der Waals surface area contributed by atoms with Gasteiger partial charge in [-0.1, -0.05) is 61.9 Å². The molecule has 0 radical (unpaired) electrons. The molecule has 1 N–H and O–H groups in total. The maximum Gasteiger partial charge on any atom is 0.266 e. The predicted octanol–water partition coefficient (Wildman–Crippen LogP) is 5.26. The minimum absolute atomic E-state index is 0.00468. The van der Waals surface area contributed by atoms with Gasteiger partial charge in [0.25, 0.3) is 11.8 Å². The fourth-order valence-electron chi connectivity index (χ4n) is 5.96. The molecule has 39 heavy (non-hydrogen) atoms. The van der Waals surface area contributed by atoms with E-state index in [-0.39, 0.29) is 36.5 Å². The zero-order chi connectivity index (χ0) is 26.9. The van der Waals surface area contributed by atoms with Gasteiger partial charge in [0.1, 0.15) is 0 Å². The Morgan fingerprint density at radius 1 is 0.821 bits per heavy atom. The largest absolute Gasteiger partial charge is 0.392 e. The number of aliphatic hydroxyl groups excluding tert-OH is 1. The van der Waals surface area contributed by atoms with Crippen LogP contribution in [0.1, 0.15) is 76.0 Å². The first-order valence-corrected chi connectivity index (χ1v) is 13.8. The zero-order valence-electron chi connectivity index (χ0n) is 22.2. The molecular weight excluding hydrogens is 492 g/mol. The van der Waals surface area contributed by atoms with Crippen LogP contribution in [-0.2, 0) is 16.1 Å². The maximum absolute atomic E-state index is 13.1. The number of carbonyl (C=O) groups excluding carboxylic acids is 2. The molecule has 0 aliphatic carbocycles. The Hall–Kier alpha value is -3.36. The summed E-state index contributed by atoms with van der Waals surface area (Å²) in [7, 11) is 0. The Morgan fingerprint density at radius 2 is 1.51 bits per heavy atom. The molecule has 0 saturated carbocycles. The highest BCUT2D eigenvalue weighted by molar-refractivity contribution is 6.34. The minimum atomic E-state index is -0.659. The molecule has 0 aromatic heterocycles. The van der Waals surface area contributed by atoms with Gasteiger partial charge in [-0.2, -0.15) is 0 Å². The summed E-state index contributed by atoms with van der Waals surface area (Å²) < 4.78 is 13.2. The summed E-state index contributed by atoms with van der Waals surface area (Å²) in [6.45, 7) is 5.14. The van der Waals surface area contributed by atoms with Crippen molar-refractivity contribution in [2.24, 2.45) is 5.92 Å². The molecule has 3 aromatic rings. The monoisotopic (exact) mass is 526 g/mol. The van der Waals surface area contributed by atoms with Gasteiger partial charge in [-0.05, 0) is 61.3 Å². The lowest BCUT2D eigenvalue weighted by Crippen LogP contribution is -2.45. The van der Waals surface area contributed by atoms with Crippen molar-refractivity contribution >= 4 is 17.5 Å². The third kappa shape index (κ3) is 5.03. The topological polar surface area (TPSA) is 79.3 Å². The fourth-order valence-corrected chi connectivity index (χ4v) is 5.96. The van der Waals surface area contributed by atoms with Gasteiger partial charge < -0.3 is 19.5 Å². The average molecular weight is 527 g/mol. The van der Waals surface area contributed by atoms with Crippen molar-refractivity contribution in [1.82, 2.24) is 4.90 Å². The third-order valence-corrected chi connectivity index (χ3v) is 8.20. The number of anilines is 1. The summed E-state index contributed by atoms with van der Waals surface area (Å²) in [4.78, 5) is 30.0. The fraction of sp³-hybridized carbons (Fsp3) is 0.375. The van der Waals surface area contributed by atoms with E-state index < -0.39 is 6.29 Å². The minimum Gasteiger partial charge on any atom is -0.392 e. The van der Waals surface area contributed by atoms with E-state index in [0.717, 1.165) is 36.3 Å². The van der Waals surface area contributed by atoms with Gasteiger partial charge in [-0.25, -0.2) is 4.90 Å². The van der Waals surface area contributed by atoms with Crippen LogP contribution in [0.5, 0.6) is 0 Å². The molecule has 4 atom stereocenters. The van der Waals surface area contributed by atoms with Crippen LogP contribution in [0.15, 0.2) is 72.8 Å². The van der Waals surface area contributed by atoms with Crippen molar-refractivity contribution in [3.05, 3.63) is 101 Å². The Bertz CT molecular complexity index is 1320. The molecule has 7 nitrogen and oxygen atoms in total. The predicted molar refractivity (Wildman–Crippen MR) is 147 cm³/mol. The van der Waals surface area contributed by atoms with Crippen molar-refractivity contribution in [3.63, 3.8) is 0 Å². The van der Waals surface area contributed by atoms with E-state index in [1.807, 2.05) is 42.5 Å². The maximum atomic E-state index is 13.1. The van der Waals surface area contributed by atoms with Crippen LogP contribution < -0.4 is 4.90 Å². The number of piperidine rings is 1. The summed E-state index contributed by atoms with van der Waals surface area (Å²) in [5.74, 6) is -0.545. The van der Waals surface area contributed by atoms with Crippen LogP contribution in [0.4, 0.5) is 5.69 Å². The molecule has 0 spiro atoms. The number of aliphatic hydroxyl groups is 1. The van der Waals surface area contributed by atoms with Crippen molar-refractivity contribution in [3.8, 4) is 0 Å². The first-order valence-electron chi connectivity index (χ1n) is 13.8. The van der Waals surface area contributed by atoms with Crippen molar-refractivity contribution in [2.45, 2.75) is 51.3 Å². The number of carbonyl (C=O) groups is 2. The molecule has 4 unspecified atom stereocenters. The standard InChI is InChI=1S/C32H34N2O5/c1-21-28(19-33-16-5-2-6-17-33)38-32(39-29(21)23-14-12-22(20-35)13-15-23)24-8-7-9-25(18-24)34-30(36)26-10-3-4-11-27(26)31(34)37/h3-4,7-15,18,21,28-29,32,35H,2,5-6,16-17,19-20H2,1H3. The highest BCUT2D eigenvalue weighted by atomic mass is 16.7. The first kappa shape index (κ1) is 25.9. The van der Waals surface area contributed by atoms with Gasteiger partial charge in [0, 0.05) is 18.0 Å². The summed E-state index contributed by atoms with van der Waals surface area (Å²) in [5, 5.41) is 9.51. The van der Waals surface area contributed by atoms with E-state index in [9.17, 15) is 14.7 Å². The summed E-state index contributed by atoms with van der Waals surface area (Å²) in [6.07, 6.45) is 2.74. The SMILES string of the molecule is CC1C(CN2CCCCC2)OC(c2cccc(N3C(=O)c4ccccc4C3=O)c2)OC1c1ccc(CO)cc1. The van der Waals surface area contributed by atoms with Crippen LogP contribution in [0, 0.1) is 5.92 Å². The highest BCUT2D eigenvalue weighted by Gasteiger charge is 2.40. The number of rotatable bonds is 6. The molecule has 7 heteroatoms. The number of hydrogen-bond donors (Lipinski definition) is 1. The lowest BCUT2D eigenvalue weighted by molar-refractivity contribution is -0.276. The Labute approximate surface area is 229 Å². The quantitative estimate of drug-likeness (QED) is 0.442. The number of hydrogen-bond acceptors (Lipinski definition) is 6. The number of nitrogens with zero attached hydrogens (tertiary/aromatic N) is 2. The Balaban J connectivity index is 1.30. The molecule has 6 rings (SSSR count). The molecule has 3 heterocycles. The normalized spacial score (nSPS) is 25.6. The van der Waals surface area contributed by atoms with Gasteiger partial charge in [-0.3, -0.25) is 9.59 Å². The van der Waals surface area contributed by atoms with Gasteiger partial charge in [0.15, 0.2) is 6.29 Å². The summed E-state index contributed by atoms with van der Waals surface area (Å²) in [6, 6.07) is 22.2. The van der Waals surface area contributed by atoms with Crippen LogP contribution >= 0.6 is 0 Å². The Kier molecular flexibility index (Phi) is 7.32. The van der Waals surface area contributed by atoms with E-state index >= 15 is 0 Å². The second kappa shape index (κ2) is 11.0. The number of fused-ring (bicyclic) bond motifs is 1. The van der Waals surface area contributed by atoms with Gasteiger partial charge >= 0.3 is 0 Å². The van der Waals surface area contributed by atoms with Crippen LogP contribution in [0.2, 0.25) is 0 Å². The number of benzene rings is 3. The van der Waals surface area contributed by atoms with Crippen LogP contribution in [0.3, 0.4) is 0 Å². The molecule has 202 valence electrons. The smallest absolute Gasteiger partial charge is 0.266 e. The average Bonchev–Trinajstić information content (AvgIpc) is 3.24. The summed E-state index contributed by atoms with van der Waals surface area (Å²) in [5.41, 5.74) is 3.99. The number of amides is 2. The molecule has 3 aromatic carbocycles. The van der Waals surface area contributed by atoms with Crippen molar-refractivity contribution in [1.29, 1.82) is 0 Å². The van der Waals surface area contributed by atoms with Crippen LogP contribution in [-0.4, -0.2) is 47.6 Å². The van der Waals surface area contributed by atoms with E-state index in [1.165, 1.54) is 24.2 Å². The molecule has 3 aliphatic heterocycles. The summed E-state index contributed by atoms with van der Waals surface area (Å²) >= 11 is 0. The molecule has 3 aliphatic rings. The second-order valence-electron chi connectivity index (χ2n) is 10.8. The Morgan fingerprint density at radius 3 is 2.18 bits per heavy atom. The molecular formula is C32H34N2O5.